The van der Waals surface area contributed by atoms with Gasteiger partial charge in [-0.2, -0.15) is 0 Å². The SMILES string of the molecule is COC(=O)[C@@H]1C(=O)O[C@@H]2OCC[C@H]21. The number of rotatable bonds is 1. The molecule has 2 aliphatic rings. The van der Waals surface area contributed by atoms with Crippen molar-refractivity contribution in [2.45, 2.75) is 12.7 Å². The third-order valence-corrected chi connectivity index (χ3v) is 2.45. The lowest BCUT2D eigenvalue weighted by molar-refractivity contribution is -0.162. The lowest BCUT2D eigenvalue weighted by atomic mass is 9.93. The molecule has 2 fully saturated rings. The van der Waals surface area contributed by atoms with Crippen LogP contribution in [-0.2, 0) is 23.8 Å². The second-order valence-corrected chi connectivity index (χ2v) is 3.13. The van der Waals surface area contributed by atoms with Gasteiger partial charge in [-0.25, -0.2) is 0 Å². The van der Waals surface area contributed by atoms with Crippen molar-refractivity contribution in [2.24, 2.45) is 11.8 Å². The molecule has 2 aliphatic heterocycles. The quantitative estimate of drug-likeness (QED) is 0.415. The molecule has 0 saturated carbocycles. The van der Waals surface area contributed by atoms with E-state index in [1.54, 1.807) is 0 Å². The Balaban J connectivity index is 2.16. The summed E-state index contributed by atoms with van der Waals surface area (Å²) in [5, 5.41) is 0. The molecule has 0 aliphatic carbocycles. The molecule has 0 unspecified atom stereocenters. The van der Waals surface area contributed by atoms with Crippen molar-refractivity contribution in [1.29, 1.82) is 0 Å². The number of hydrogen-bond acceptors (Lipinski definition) is 5. The Hall–Kier alpha value is -1.10. The number of ether oxygens (including phenoxy) is 3. The summed E-state index contributed by atoms with van der Waals surface area (Å²) in [7, 11) is 1.26. The highest BCUT2D eigenvalue weighted by Crippen LogP contribution is 2.36. The minimum absolute atomic E-state index is 0.153. The van der Waals surface area contributed by atoms with E-state index in [2.05, 4.69) is 4.74 Å². The van der Waals surface area contributed by atoms with Crippen molar-refractivity contribution in [3.05, 3.63) is 0 Å². The van der Waals surface area contributed by atoms with Crippen LogP contribution in [0, 0.1) is 11.8 Å². The minimum atomic E-state index is -0.780. The molecule has 2 rings (SSSR count). The summed E-state index contributed by atoms with van der Waals surface area (Å²) in [5.41, 5.74) is 0. The average molecular weight is 186 g/mol. The molecule has 0 amide bonds. The fourth-order valence-electron chi connectivity index (χ4n) is 1.79. The summed E-state index contributed by atoms with van der Waals surface area (Å²) in [6.45, 7) is 0.538. The number of esters is 2. The van der Waals surface area contributed by atoms with Gasteiger partial charge in [0.2, 0.25) is 6.29 Å². The summed E-state index contributed by atoms with van der Waals surface area (Å²) in [6, 6.07) is 0. The maximum Gasteiger partial charge on any atom is 0.323 e. The molecule has 0 aromatic heterocycles. The Bertz CT molecular complexity index is 241. The number of carbonyl (C=O) groups excluding carboxylic acids is 2. The average Bonchev–Trinajstić information content (AvgIpc) is 2.62. The third kappa shape index (κ3) is 1.19. The van der Waals surface area contributed by atoms with Crippen LogP contribution in [0.2, 0.25) is 0 Å². The molecule has 72 valence electrons. The van der Waals surface area contributed by atoms with E-state index in [1.165, 1.54) is 7.11 Å². The van der Waals surface area contributed by atoms with E-state index >= 15 is 0 Å². The molecule has 3 atom stereocenters. The molecule has 2 heterocycles. The van der Waals surface area contributed by atoms with Crippen LogP contribution >= 0.6 is 0 Å². The highest BCUT2D eigenvalue weighted by Gasteiger charge is 2.52. The largest absolute Gasteiger partial charge is 0.468 e. The minimum Gasteiger partial charge on any atom is -0.468 e. The molecule has 0 radical (unpaired) electrons. The fraction of sp³-hybridized carbons (Fsp3) is 0.750. The van der Waals surface area contributed by atoms with Gasteiger partial charge in [0.1, 0.15) is 0 Å². The van der Waals surface area contributed by atoms with E-state index in [-0.39, 0.29) is 5.92 Å². The number of hydrogen-bond donors (Lipinski definition) is 0. The van der Waals surface area contributed by atoms with Crippen molar-refractivity contribution in [2.75, 3.05) is 13.7 Å². The second kappa shape index (κ2) is 2.99. The van der Waals surface area contributed by atoms with Crippen LogP contribution in [0.3, 0.4) is 0 Å². The van der Waals surface area contributed by atoms with Gasteiger partial charge in [-0.05, 0) is 6.42 Å². The molecule has 0 aromatic carbocycles. The Kier molecular flexibility index (Phi) is 1.95. The standard InChI is InChI=1S/C8H10O5/c1-11-6(9)5-4-2-3-12-8(4)13-7(5)10/h4-5,8H,2-3H2,1H3/t4-,5+,8-/m0/s1. The molecular formula is C8H10O5. The molecule has 0 bridgehead atoms. The third-order valence-electron chi connectivity index (χ3n) is 2.45. The topological polar surface area (TPSA) is 61.8 Å². The van der Waals surface area contributed by atoms with Crippen molar-refractivity contribution in [3.8, 4) is 0 Å². The first-order chi connectivity index (χ1) is 6.24. The number of fused-ring (bicyclic) bond motifs is 1. The maximum atomic E-state index is 11.2. The fourth-order valence-corrected chi connectivity index (χ4v) is 1.79. The first-order valence-electron chi connectivity index (χ1n) is 4.14. The summed E-state index contributed by atoms with van der Waals surface area (Å²) in [6.07, 6.45) is 0.146. The number of methoxy groups -OCH3 is 1. The van der Waals surface area contributed by atoms with Gasteiger partial charge >= 0.3 is 11.9 Å². The molecular weight excluding hydrogens is 176 g/mol. The first-order valence-corrected chi connectivity index (χ1v) is 4.14. The summed E-state index contributed by atoms with van der Waals surface area (Å²) in [5.74, 6) is -1.98. The van der Waals surface area contributed by atoms with E-state index in [9.17, 15) is 9.59 Å². The van der Waals surface area contributed by atoms with Gasteiger partial charge in [-0.3, -0.25) is 9.59 Å². The zero-order valence-corrected chi connectivity index (χ0v) is 7.19. The Morgan fingerprint density at radius 2 is 2.38 bits per heavy atom. The van der Waals surface area contributed by atoms with Gasteiger partial charge in [0, 0.05) is 5.92 Å². The zero-order valence-electron chi connectivity index (χ0n) is 7.19. The lowest BCUT2D eigenvalue weighted by Gasteiger charge is -2.08. The predicted molar refractivity (Wildman–Crippen MR) is 39.4 cm³/mol. The van der Waals surface area contributed by atoms with Crippen LogP contribution in [0.4, 0.5) is 0 Å². The van der Waals surface area contributed by atoms with E-state index < -0.39 is 24.1 Å². The van der Waals surface area contributed by atoms with E-state index in [0.717, 1.165) is 0 Å². The van der Waals surface area contributed by atoms with E-state index in [0.29, 0.717) is 13.0 Å². The summed E-state index contributed by atoms with van der Waals surface area (Å²) < 4.78 is 14.5. The summed E-state index contributed by atoms with van der Waals surface area (Å²) in [4.78, 5) is 22.4. The zero-order chi connectivity index (χ0) is 9.42. The Labute approximate surface area is 74.9 Å². The highest BCUT2D eigenvalue weighted by molar-refractivity contribution is 5.96. The van der Waals surface area contributed by atoms with Gasteiger partial charge in [-0.15, -0.1) is 0 Å². The van der Waals surface area contributed by atoms with E-state index in [1.807, 2.05) is 0 Å². The maximum absolute atomic E-state index is 11.2. The van der Waals surface area contributed by atoms with Crippen LogP contribution in [0.5, 0.6) is 0 Å². The van der Waals surface area contributed by atoms with Crippen molar-refractivity contribution < 1.29 is 23.8 Å². The van der Waals surface area contributed by atoms with Gasteiger partial charge in [0.25, 0.3) is 0 Å². The molecule has 2 saturated heterocycles. The first kappa shape index (κ1) is 8.50. The van der Waals surface area contributed by atoms with Crippen LogP contribution in [0.1, 0.15) is 6.42 Å². The van der Waals surface area contributed by atoms with Gasteiger partial charge < -0.3 is 14.2 Å². The molecule has 0 N–H and O–H groups in total. The molecule has 0 aromatic rings. The molecule has 5 heteroatoms. The van der Waals surface area contributed by atoms with Crippen molar-refractivity contribution in [3.63, 3.8) is 0 Å². The van der Waals surface area contributed by atoms with Gasteiger partial charge in [0.15, 0.2) is 5.92 Å². The van der Waals surface area contributed by atoms with Crippen LogP contribution in [0.15, 0.2) is 0 Å². The highest BCUT2D eigenvalue weighted by atomic mass is 16.7. The van der Waals surface area contributed by atoms with E-state index in [4.69, 9.17) is 9.47 Å². The summed E-state index contributed by atoms with van der Waals surface area (Å²) >= 11 is 0. The second-order valence-electron chi connectivity index (χ2n) is 3.13. The lowest BCUT2D eigenvalue weighted by Crippen LogP contribution is -2.26. The van der Waals surface area contributed by atoms with Crippen molar-refractivity contribution >= 4 is 11.9 Å². The molecule has 13 heavy (non-hydrogen) atoms. The van der Waals surface area contributed by atoms with Crippen LogP contribution < -0.4 is 0 Å². The van der Waals surface area contributed by atoms with Gasteiger partial charge in [-0.1, -0.05) is 0 Å². The molecule has 0 spiro atoms. The Morgan fingerprint density at radius 1 is 1.62 bits per heavy atom. The van der Waals surface area contributed by atoms with Gasteiger partial charge in [0.05, 0.1) is 13.7 Å². The van der Waals surface area contributed by atoms with Crippen LogP contribution in [-0.4, -0.2) is 31.9 Å². The smallest absolute Gasteiger partial charge is 0.323 e. The van der Waals surface area contributed by atoms with Crippen LogP contribution in [0.25, 0.3) is 0 Å². The molecule has 5 nitrogen and oxygen atoms in total. The normalized spacial score (nSPS) is 37.0. The van der Waals surface area contributed by atoms with Crippen molar-refractivity contribution in [1.82, 2.24) is 0 Å². The Morgan fingerprint density at radius 3 is 3.08 bits per heavy atom. The predicted octanol–water partition coefficient (Wildman–Crippen LogP) is -0.305. The monoisotopic (exact) mass is 186 g/mol. The number of carbonyl (C=O) groups is 2.